The van der Waals surface area contributed by atoms with Gasteiger partial charge in [0.25, 0.3) is 0 Å². The second-order valence-electron chi connectivity index (χ2n) is 4.47. The van der Waals surface area contributed by atoms with Crippen molar-refractivity contribution in [3.63, 3.8) is 0 Å². The highest BCUT2D eigenvalue weighted by Gasteiger charge is 2.11. The zero-order valence-electron chi connectivity index (χ0n) is 9.30. The Morgan fingerprint density at radius 3 is 2.29 bits per heavy atom. The first kappa shape index (κ1) is 12.0. The van der Waals surface area contributed by atoms with Crippen molar-refractivity contribution < 1.29 is 5.11 Å². The summed E-state index contributed by atoms with van der Waals surface area (Å²) in [7, 11) is 0. The van der Waals surface area contributed by atoms with Gasteiger partial charge in [0.05, 0.1) is 0 Å². The number of aliphatic hydroxyl groups excluding tert-OH is 1. The first-order valence-corrected chi connectivity index (χ1v) is 6.25. The first-order valence-electron chi connectivity index (χ1n) is 6.25. The van der Waals surface area contributed by atoms with E-state index in [-0.39, 0.29) is 0 Å². The molecule has 1 fully saturated rings. The zero-order valence-corrected chi connectivity index (χ0v) is 9.30. The van der Waals surface area contributed by atoms with Gasteiger partial charge in [0, 0.05) is 6.61 Å². The highest BCUT2D eigenvalue weighted by Crippen LogP contribution is 2.19. The van der Waals surface area contributed by atoms with Gasteiger partial charge in [-0.1, -0.05) is 32.1 Å². The summed E-state index contributed by atoms with van der Waals surface area (Å²) in [6, 6.07) is 0. The Hall–Kier alpha value is -0.0800. The minimum Gasteiger partial charge on any atom is -0.396 e. The molecule has 0 saturated carbocycles. The van der Waals surface area contributed by atoms with Crippen LogP contribution in [0.3, 0.4) is 0 Å². The Morgan fingerprint density at radius 2 is 1.57 bits per heavy atom. The largest absolute Gasteiger partial charge is 0.396 e. The number of unbranched alkanes of at least 4 members (excludes halogenated alkanes) is 4. The van der Waals surface area contributed by atoms with Gasteiger partial charge in [0.2, 0.25) is 0 Å². The molecule has 0 aliphatic carbocycles. The molecule has 0 aromatic heterocycles. The van der Waals surface area contributed by atoms with Crippen molar-refractivity contribution >= 4 is 0 Å². The number of rotatable bonds is 7. The summed E-state index contributed by atoms with van der Waals surface area (Å²) >= 11 is 0. The van der Waals surface area contributed by atoms with Crippen molar-refractivity contribution in [2.75, 3.05) is 19.7 Å². The molecule has 0 atom stereocenters. The monoisotopic (exact) mass is 199 g/mol. The van der Waals surface area contributed by atoms with Crippen molar-refractivity contribution in [2.45, 2.75) is 51.4 Å². The molecule has 1 aliphatic heterocycles. The first-order chi connectivity index (χ1) is 6.93. The van der Waals surface area contributed by atoms with Gasteiger partial charge >= 0.3 is 0 Å². The molecule has 1 heterocycles. The van der Waals surface area contributed by atoms with Gasteiger partial charge < -0.3 is 10.4 Å². The molecule has 2 N–H and O–H groups in total. The Balaban J connectivity index is 1.82. The van der Waals surface area contributed by atoms with Crippen LogP contribution < -0.4 is 5.32 Å². The van der Waals surface area contributed by atoms with E-state index in [0.29, 0.717) is 6.61 Å². The van der Waals surface area contributed by atoms with Crippen LogP contribution in [0.4, 0.5) is 0 Å². The predicted octanol–water partition coefficient (Wildman–Crippen LogP) is 2.32. The molecule has 0 amide bonds. The van der Waals surface area contributed by atoms with Crippen LogP contribution in [0.5, 0.6) is 0 Å². The quantitative estimate of drug-likeness (QED) is 0.617. The molecule has 0 aromatic rings. The van der Waals surface area contributed by atoms with E-state index in [1.165, 1.54) is 58.0 Å². The van der Waals surface area contributed by atoms with E-state index in [4.69, 9.17) is 5.11 Å². The molecular formula is C12H25NO. The van der Waals surface area contributed by atoms with Crippen molar-refractivity contribution in [3.8, 4) is 0 Å². The smallest absolute Gasteiger partial charge is 0.0431 e. The standard InChI is InChI=1S/C12H25NO/c14-11-5-3-1-2-4-6-12-7-9-13-10-8-12/h12-14H,1-11H2. The minimum absolute atomic E-state index is 0.369. The molecule has 0 unspecified atom stereocenters. The van der Waals surface area contributed by atoms with Crippen molar-refractivity contribution in [1.29, 1.82) is 0 Å². The highest BCUT2D eigenvalue weighted by molar-refractivity contribution is 4.68. The topological polar surface area (TPSA) is 32.3 Å². The number of nitrogens with one attached hydrogen (secondary N) is 1. The third-order valence-corrected chi connectivity index (χ3v) is 3.23. The fourth-order valence-corrected chi connectivity index (χ4v) is 2.25. The normalized spacial score (nSPS) is 18.6. The maximum atomic E-state index is 8.62. The number of hydrogen-bond donors (Lipinski definition) is 2. The van der Waals surface area contributed by atoms with Gasteiger partial charge in [-0.3, -0.25) is 0 Å². The molecule has 2 nitrogen and oxygen atoms in total. The summed E-state index contributed by atoms with van der Waals surface area (Å²) in [5.74, 6) is 0.995. The van der Waals surface area contributed by atoms with E-state index in [2.05, 4.69) is 5.32 Å². The van der Waals surface area contributed by atoms with E-state index >= 15 is 0 Å². The van der Waals surface area contributed by atoms with Crippen LogP contribution in [0.25, 0.3) is 0 Å². The fourth-order valence-electron chi connectivity index (χ4n) is 2.25. The number of piperidine rings is 1. The van der Waals surface area contributed by atoms with Crippen molar-refractivity contribution in [2.24, 2.45) is 5.92 Å². The van der Waals surface area contributed by atoms with Gasteiger partial charge in [-0.15, -0.1) is 0 Å². The van der Waals surface area contributed by atoms with E-state index in [0.717, 1.165) is 12.3 Å². The molecule has 84 valence electrons. The van der Waals surface area contributed by atoms with Gasteiger partial charge in [0.1, 0.15) is 0 Å². The molecule has 0 radical (unpaired) electrons. The number of aliphatic hydroxyl groups is 1. The molecule has 0 bridgehead atoms. The Labute approximate surface area is 88.1 Å². The molecule has 1 rings (SSSR count). The van der Waals surface area contributed by atoms with E-state index in [9.17, 15) is 0 Å². The Kier molecular flexibility index (Phi) is 7.06. The molecule has 1 saturated heterocycles. The van der Waals surface area contributed by atoms with Crippen molar-refractivity contribution in [3.05, 3.63) is 0 Å². The van der Waals surface area contributed by atoms with Gasteiger partial charge in [-0.25, -0.2) is 0 Å². The fraction of sp³-hybridized carbons (Fsp3) is 1.00. The Morgan fingerprint density at radius 1 is 0.929 bits per heavy atom. The second-order valence-corrected chi connectivity index (χ2v) is 4.47. The lowest BCUT2D eigenvalue weighted by Crippen LogP contribution is -2.27. The van der Waals surface area contributed by atoms with E-state index < -0.39 is 0 Å². The average molecular weight is 199 g/mol. The molecule has 0 spiro atoms. The number of hydrogen-bond acceptors (Lipinski definition) is 2. The SMILES string of the molecule is OCCCCCCCC1CCNCC1. The summed E-state index contributed by atoms with van der Waals surface area (Å²) in [5, 5.41) is 12.0. The molecule has 2 heteroatoms. The maximum absolute atomic E-state index is 8.62. The molecule has 14 heavy (non-hydrogen) atoms. The van der Waals surface area contributed by atoms with Gasteiger partial charge in [-0.05, 0) is 38.3 Å². The van der Waals surface area contributed by atoms with Crippen LogP contribution >= 0.6 is 0 Å². The lowest BCUT2D eigenvalue weighted by Gasteiger charge is -2.22. The zero-order chi connectivity index (χ0) is 10.1. The summed E-state index contributed by atoms with van der Waals surface area (Å²) < 4.78 is 0. The third kappa shape index (κ3) is 5.61. The summed E-state index contributed by atoms with van der Waals surface area (Å²) in [4.78, 5) is 0. The molecule has 0 aromatic carbocycles. The molecular weight excluding hydrogens is 174 g/mol. The molecule has 1 aliphatic rings. The maximum Gasteiger partial charge on any atom is 0.0431 e. The van der Waals surface area contributed by atoms with Crippen LogP contribution in [-0.4, -0.2) is 24.8 Å². The van der Waals surface area contributed by atoms with E-state index in [1.54, 1.807) is 0 Å². The minimum atomic E-state index is 0.369. The van der Waals surface area contributed by atoms with Crippen LogP contribution in [0.1, 0.15) is 51.4 Å². The van der Waals surface area contributed by atoms with E-state index in [1.807, 2.05) is 0 Å². The highest BCUT2D eigenvalue weighted by atomic mass is 16.2. The van der Waals surface area contributed by atoms with Crippen molar-refractivity contribution in [1.82, 2.24) is 5.32 Å². The van der Waals surface area contributed by atoms with Gasteiger partial charge in [-0.2, -0.15) is 0 Å². The second kappa shape index (κ2) is 8.25. The predicted molar refractivity (Wildman–Crippen MR) is 60.4 cm³/mol. The van der Waals surface area contributed by atoms with Crippen LogP contribution in [0.15, 0.2) is 0 Å². The van der Waals surface area contributed by atoms with Crippen LogP contribution in [-0.2, 0) is 0 Å². The van der Waals surface area contributed by atoms with Crippen LogP contribution in [0, 0.1) is 5.92 Å². The van der Waals surface area contributed by atoms with Crippen LogP contribution in [0.2, 0.25) is 0 Å². The average Bonchev–Trinajstić information content (AvgIpc) is 2.25. The Bertz CT molecular complexity index is 121. The third-order valence-electron chi connectivity index (χ3n) is 3.23. The summed E-state index contributed by atoms with van der Waals surface area (Å²) in [6.07, 6.45) is 10.5. The lowest BCUT2D eigenvalue weighted by atomic mass is 9.92. The lowest BCUT2D eigenvalue weighted by molar-refractivity contribution is 0.281. The summed E-state index contributed by atoms with van der Waals surface area (Å²) in [5.41, 5.74) is 0. The van der Waals surface area contributed by atoms with Gasteiger partial charge in [0.15, 0.2) is 0 Å². The summed E-state index contributed by atoms with van der Waals surface area (Å²) in [6.45, 7) is 2.83.